The van der Waals surface area contributed by atoms with E-state index in [1.807, 2.05) is 25.1 Å². The summed E-state index contributed by atoms with van der Waals surface area (Å²) in [7, 11) is 3.88. The fourth-order valence-corrected chi connectivity index (χ4v) is 1.96. The molecule has 2 N–H and O–H groups in total. The molecule has 2 rings (SSSR count). The van der Waals surface area contributed by atoms with Gasteiger partial charge in [0.2, 0.25) is 0 Å². The molecule has 24 heavy (non-hydrogen) atoms. The molecule has 0 aliphatic rings. The molecule has 0 saturated heterocycles. The number of hydrogen-bond donors (Lipinski definition) is 2. The van der Waals surface area contributed by atoms with Crippen LogP contribution in [0.2, 0.25) is 0 Å². The number of hydrogen-bond acceptors (Lipinski definition) is 6. The number of amides is 1. The SMILES string of the molecule is CC(=O)c1cccc(Nc2cnc(C(=O)NCCN(C)C)cn2)c1. The Morgan fingerprint density at radius 3 is 2.58 bits per heavy atom. The monoisotopic (exact) mass is 327 g/mol. The second kappa shape index (κ2) is 8.16. The van der Waals surface area contributed by atoms with Crippen molar-refractivity contribution in [1.29, 1.82) is 0 Å². The lowest BCUT2D eigenvalue weighted by molar-refractivity contribution is 0.0944. The maximum atomic E-state index is 11.9. The fraction of sp³-hybridized carbons (Fsp3) is 0.294. The molecule has 126 valence electrons. The maximum Gasteiger partial charge on any atom is 0.271 e. The third-order valence-electron chi connectivity index (χ3n) is 3.27. The molecule has 0 atom stereocenters. The molecule has 1 heterocycles. The molecule has 0 radical (unpaired) electrons. The van der Waals surface area contributed by atoms with Gasteiger partial charge in [0.1, 0.15) is 11.5 Å². The first kappa shape index (κ1) is 17.6. The van der Waals surface area contributed by atoms with E-state index in [1.54, 1.807) is 18.2 Å². The van der Waals surface area contributed by atoms with Gasteiger partial charge in [0, 0.05) is 24.3 Å². The third kappa shape index (κ3) is 5.13. The molecule has 0 fully saturated rings. The summed E-state index contributed by atoms with van der Waals surface area (Å²) in [6, 6.07) is 7.11. The van der Waals surface area contributed by atoms with Crippen LogP contribution in [0, 0.1) is 0 Å². The Labute approximate surface area is 141 Å². The minimum Gasteiger partial charge on any atom is -0.349 e. The highest BCUT2D eigenvalue weighted by atomic mass is 16.2. The summed E-state index contributed by atoms with van der Waals surface area (Å²) in [5.74, 6) is 0.240. The normalized spacial score (nSPS) is 10.5. The van der Waals surface area contributed by atoms with Crippen molar-refractivity contribution in [1.82, 2.24) is 20.2 Å². The molecule has 0 saturated carbocycles. The van der Waals surface area contributed by atoms with Crippen LogP contribution in [0.5, 0.6) is 0 Å². The van der Waals surface area contributed by atoms with Crippen LogP contribution in [0.1, 0.15) is 27.8 Å². The van der Waals surface area contributed by atoms with Gasteiger partial charge in [-0.3, -0.25) is 9.59 Å². The largest absolute Gasteiger partial charge is 0.349 e. The molecule has 0 aliphatic carbocycles. The van der Waals surface area contributed by atoms with E-state index in [0.29, 0.717) is 17.9 Å². The van der Waals surface area contributed by atoms with Crippen LogP contribution in [0.15, 0.2) is 36.7 Å². The fourth-order valence-electron chi connectivity index (χ4n) is 1.96. The van der Waals surface area contributed by atoms with Gasteiger partial charge in [0.25, 0.3) is 5.91 Å². The second-order valence-corrected chi connectivity index (χ2v) is 5.61. The second-order valence-electron chi connectivity index (χ2n) is 5.61. The van der Waals surface area contributed by atoms with Gasteiger partial charge in [-0.05, 0) is 33.2 Å². The molecule has 0 unspecified atom stereocenters. The summed E-state index contributed by atoms with van der Waals surface area (Å²) in [5.41, 5.74) is 1.61. The number of ketones is 1. The number of likely N-dealkylation sites (N-methyl/N-ethyl adjacent to an activating group) is 1. The Hall–Kier alpha value is -2.80. The Morgan fingerprint density at radius 1 is 1.17 bits per heavy atom. The molecule has 2 aromatic rings. The number of carbonyl (C=O) groups is 2. The predicted molar refractivity (Wildman–Crippen MR) is 92.6 cm³/mol. The first-order chi connectivity index (χ1) is 11.5. The Morgan fingerprint density at radius 2 is 1.96 bits per heavy atom. The number of carbonyl (C=O) groups excluding carboxylic acids is 2. The number of benzene rings is 1. The molecule has 1 amide bonds. The number of anilines is 2. The number of aromatic nitrogens is 2. The van der Waals surface area contributed by atoms with Gasteiger partial charge in [-0.15, -0.1) is 0 Å². The Bertz CT molecular complexity index is 713. The van der Waals surface area contributed by atoms with Gasteiger partial charge in [0.15, 0.2) is 5.78 Å². The molecule has 1 aromatic carbocycles. The van der Waals surface area contributed by atoms with Crippen LogP contribution < -0.4 is 10.6 Å². The lowest BCUT2D eigenvalue weighted by atomic mass is 10.1. The summed E-state index contributed by atoms with van der Waals surface area (Å²) >= 11 is 0. The average Bonchev–Trinajstić information content (AvgIpc) is 2.55. The summed E-state index contributed by atoms with van der Waals surface area (Å²) in [6.07, 6.45) is 2.91. The zero-order valence-corrected chi connectivity index (χ0v) is 14.0. The quantitative estimate of drug-likeness (QED) is 0.753. The molecule has 0 spiro atoms. The van der Waals surface area contributed by atoms with E-state index in [1.165, 1.54) is 19.3 Å². The lowest BCUT2D eigenvalue weighted by Crippen LogP contribution is -2.31. The van der Waals surface area contributed by atoms with E-state index >= 15 is 0 Å². The van der Waals surface area contributed by atoms with Gasteiger partial charge in [-0.25, -0.2) is 9.97 Å². The van der Waals surface area contributed by atoms with Crippen LogP contribution >= 0.6 is 0 Å². The van der Waals surface area contributed by atoms with Crippen molar-refractivity contribution in [2.75, 3.05) is 32.5 Å². The van der Waals surface area contributed by atoms with Crippen LogP contribution in [0.25, 0.3) is 0 Å². The minimum absolute atomic E-state index is 0.00511. The Kier molecular flexibility index (Phi) is 5.97. The van der Waals surface area contributed by atoms with Crippen molar-refractivity contribution in [3.8, 4) is 0 Å². The van der Waals surface area contributed by atoms with E-state index in [2.05, 4.69) is 20.6 Å². The van der Waals surface area contributed by atoms with Crippen LogP contribution in [0.3, 0.4) is 0 Å². The lowest BCUT2D eigenvalue weighted by Gasteiger charge is -2.10. The van der Waals surface area contributed by atoms with E-state index in [9.17, 15) is 9.59 Å². The summed E-state index contributed by atoms with van der Waals surface area (Å²) in [6.45, 7) is 2.82. The third-order valence-corrected chi connectivity index (χ3v) is 3.27. The summed E-state index contributed by atoms with van der Waals surface area (Å²) in [4.78, 5) is 33.6. The number of nitrogens with one attached hydrogen (secondary N) is 2. The van der Waals surface area contributed by atoms with Crippen LogP contribution in [-0.4, -0.2) is 53.7 Å². The van der Waals surface area contributed by atoms with Crippen LogP contribution in [-0.2, 0) is 0 Å². The van der Waals surface area contributed by atoms with Crippen molar-refractivity contribution in [3.05, 3.63) is 47.9 Å². The zero-order chi connectivity index (χ0) is 17.5. The predicted octanol–water partition coefficient (Wildman–Crippen LogP) is 1.71. The summed E-state index contributed by atoms with van der Waals surface area (Å²) < 4.78 is 0. The topological polar surface area (TPSA) is 87.2 Å². The van der Waals surface area contributed by atoms with Crippen molar-refractivity contribution in [2.45, 2.75) is 6.92 Å². The molecule has 1 aromatic heterocycles. The summed E-state index contributed by atoms with van der Waals surface area (Å²) in [5, 5.41) is 5.84. The number of Topliss-reactive ketones (excluding diaryl/α,β-unsaturated/α-hetero) is 1. The number of nitrogens with zero attached hydrogens (tertiary/aromatic N) is 3. The molecule has 0 bridgehead atoms. The molecular formula is C17H21N5O2. The van der Waals surface area contributed by atoms with Gasteiger partial charge in [-0.2, -0.15) is 0 Å². The van der Waals surface area contributed by atoms with E-state index in [0.717, 1.165) is 12.2 Å². The molecule has 0 aliphatic heterocycles. The standard InChI is InChI=1S/C17H21N5O2/c1-12(23)13-5-4-6-14(9-13)21-16-11-19-15(10-20-16)17(24)18-7-8-22(2)3/h4-6,9-11H,7-8H2,1-3H3,(H,18,24)(H,20,21). The number of rotatable bonds is 7. The van der Waals surface area contributed by atoms with Crippen molar-refractivity contribution >= 4 is 23.2 Å². The minimum atomic E-state index is -0.255. The average molecular weight is 327 g/mol. The molecule has 7 nitrogen and oxygen atoms in total. The van der Waals surface area contributed by atoms with Crippen LogP contribution in [0.4, 0.5) is 11.5 Å². The highest BCUT2D eigenvalue weighted by molar-refractivity contribution is 5.95. The first-order valence-electron chi connectivity index (χ1n) is 7.58. The highest BCUT2D eigenvalue weighted by Gasteiger charge is 2.08. The zero-order valence-electron chi connectivity index (χ0n) is 14.0. The van der Waals surface area contributed by atoms with Gasteiger partial charge in [-0.1, -0.05) is 12.1 Å². The van der Waals surface area contributed by atoms with Gasteiger partial charge >= 0.3 is 0 Å². The van der Waals surface area contributed by atoms with E-state index in [4.69, 9.17) is 0 Å². The van der Waals surface area contributed by atoms with Crippen molar-refractivity contribution in [3.63, 3.8) is 0 Å². The molecular weight excluding hydrogens is 306 g/mol. The highest BCUT2D eigenvalue weighted by Crippen LogP contribution is 2.15. The van der Waals surface area contributed by atoms with E-state index in [-0.39, 0.29) is 17.4 Å². The Balaban J connectivity index is 1.98. The van der Waals surface area contributed by atoms with E-state index < -0.39 is 0 Å². The van der Waals surface area contributed by atoms with Gasteiger partial charge in [0.05, 0.1) is 12.4 Å². The molecule has 7 heteroatoms. The van der Waals surface area contributed by atoms with Crippen molar-refractivity contribution in [2.24, 2.45) is 0 Å². The maximum absolute atomic E-state index is 11.9. The van der Waals surface area contributed by atoms with Crippen molar-refractivity contribution < 1.29 is 9.59 Å². The van der Waals surface area contributed by atoms with Gasteiger partial charge < -0.3 is 15.5 Å². The smallest absolute Gasteiger partial charge is 0.271 e. The first-order valence-corrected chi connectivity index (χ1v) is 7.58.